The van der Waals surface area contributed by atoms with Gasteiger partial charge in [0.05, 0.1) is 6.54 Å². The van der Waals surface area contributed by atoms with Gasteiger partial charge in [0.2, 0.25) is 0 Å². The molecule has 74 valence electrons. The molecule has 0 spiro atoms. The van der Waals surface area contributed by atoms with Crippen molar-refractivity contribution in [2.75, 3.05) is 5.75 Å². The van der Waals surface area contributed by atoms with Crippen LogP contribution in [-0.2, 0) is 13.0 Å². The summed E-state index contributed by atoms with van der Waals surface area (Å²) in [7, 11) is 0. The number of rotatable bonds is 3. The van der Waals surface area contributed by atoms with Crippen LogP contribution in [0.4, 0.5) is 0 Å². The molecular formula is C12H15NS. The maximum Gasteiger partial charge on any atom is 0.0539 e. The van der Waals surface area contributed by atoms with Crippen LogP contribution < -0.4 is 0 Å². The average Bonchev–Trinajstić information content (AvgIpc) is 2.72. The second-order valence-corrected chi connectivity index (χ2v) is 4.49. The topological polar surface area (TPSA) is 3.24 Å². The Balaban J connectivity index is 1.99. The van der Waals surface area contributed by atoms with Gasteiger partial charge in [-0.15, -0.1) is 0 Å². The highest BCUT2D eigenvalue weighted by molar-refractivity contribution is 7.97. The molecule has 0 aromatic heterocycles. The van der Waals surface area contributed by atoms with Crippen molar-refractivity contribution in [3.8, 4) is 0 Å². The van der Waals surface area contributed by atoms with Crippen LogP contribution in [-0.4, -0.2) is 10.1 Å². The Morgan fingerprint density at radius 1 is 1.21 bits per heavy atom. The predicted molar refractivity (Wildman–Crippen MR) is 63.0 cm³/mol. The van der Waals surface area contributed by atoms with Gasteiger partial charge in [-0.25, -0.2) is 0 Å². The van der Waals surface area contributed by atoms with E-state index in [1.165, 1.54) is 11.1 Å². The van der Waals surface area contributed by atoms with Crippen LogP contribution in [0.15, 0.2) is 36.5 Å². The maximum absolute atomic E-state index is 2.28. The summed E-state index contributed by atoms with van der Waals surface area (Å²) in [6.07, 6.45) is 5.49. The molecule has 1 aromatic rings. The number of benzene rings is 1. The van der Waals surface area contributed by atoms with Crippen molar-refractivity contribution in [3.05, 3.63) is 47.7 Å². The molecule has 14 heavy (non-hydrogen) atoms. The van der Waals surface area contributed by atoms with Crippen molar-refractivity contribution in [2.45, 2.75) is 19.9 Å². The molecule has 1 heterocycles. The summed E-state index contributed by atoms with van der Waals surface area (Å²) >= 11 is 1.87. The quantitative estimate of drug-likeness (QED) is 0.697. The fourth-order valence-corrected chi connectivity index (χ4v) is 2.28. The minimum absolute atomic E-state index is 1.02. The Hall–Kier alpha value is -0.890. The average molecular weight is 205 g/mol. The number of aryl methyl sites for hydroxylation is 1. The molecule has 1 aromatic carbocycles. The van der Waals surface area contributed by atoms with E-state index in [0.29, 0.717) is 0 Å². The Kier molecular flexibility index (Phi) is 3.14. The molecule has 0 radical (unpaired) electrons. The molecule has 0 unspecified atom stereocenters. The lowest BCUT2D eigenvalue weighted by Gasteiger charge is -2.13. The van der Waals surface area contributed by atoms with Gasteiger partial charge in [-0.05, 0) is 29.5 Å². The maximum atomic E-state index is 2.28. The summed E-state index contributed by atoms with van der Waals surface area (Å²) in [6.45, 7) is 3.21. The van der Waals surface area contributed by atoms with E-state index < -0.39 is 0 Å². The van der Waals surface area contributed by atoms with Gasteiger partial charge in [-0.1, -0.05) is 37.3 Å². The summed E-state index contributed by atoms with van der Waals surface area (Å²) < 4.78 is 2.28. The molecule has 0 amide bonds. The zero-order valence-corrected chi connectivity index (χ0v) is 9.26. The second-order valence-electron chi connectivity index (χ2n) is 3.43. The van der Waals surface area contributed by atoms with Gasteiger partial charge < -0.3 is 4.31 Å². The van der Waals surface area contributed by atoms with E-state index in [4.69, 9.17) is 0 Å². The number of hydrogen-bond acceptors (Lipinski definition) is 2. The summed E-state index contributed by atoms with van der Waals surface area (Å²) in [5, 5.41) is 0. The zero-order valence-electron chi connectivity index (χ0n) is 8.44. The van der Waals surface area contributed by atoms with E-state index in [9.17, 15) is 0 Å². The van der Waals surface area contributed by atoms with E-state index in [1.807, 2.05) is 11.9 Å². The Morgan fingerprint density at radius 2 is 1.93 bits per heavy atom. The van der Waals surface area contributed by atoms with Gasteiger partial charge in [0.25, 0.3) is 0 Å². The molecule has 2 heteroatoms. The van der Waals surface area contributed by atoms with E-state index in [1.54, 1.807) is 0 Å². The standard InChI is InChI=1S/C12H15NS/c1-2-11-4-6-12(7-5-11)10-13-8-3-9-14-13/h3-8H,2,9-10H2,1H3. The first-order valence-corrected chi connectivity index (χ1v) is 5.97. The van der Waals surface area contributed by atoms with Crippen LogP contribution in [0.5, 0.6) is 0 Å². The molecule has 0 saturated heterocycles. The first-order valence-electron chi connectivity index (χ1n) is 5.02. The van der Waals surface area contributed by atoms with Crippen molar-refractivity contribution in [3.63, 3.8) is 0 Å². The smallest absolute Gasteiger partial charge is 0.0539 e. The Bertz CT molecular complexity index is 316. The highest BCUT2D eigenvalue weighted by atomic mass is 32.2. The van der Waals surface area contributed by atoms with Crippen LogP contribution in [0.2, 0.25) is 0 Å². The van der Waals surface area contributed by atoms with Crippen LogP contribution in [0, 0.1) is 0 Å². The Labute approximate surface area is 89.9 Å². The van der Waals surface area contributed by atoms with Gasteiger partial charge in [0.1, 0.15) is 0 Å². The van der Waals surface area contributed by atoms with Crippen molar-refractivity contribution in [2.24, 2.45) is 0 Å². The van der Waals surface area contributed by atoms with Crippen molar-refractivity contribution in [1.29, 1.82) is 0 Å². The highest BCUT2D eigenvalue weighted by Crippen LogP contribution is 2.20. The normalized spacial score (nSPS) is 15.1. The molecular weight excluding hydrogens is 190 g/mol. The third-order valence-corrected chi connectivity index (χ3v) is 3.30. The van der Waals surface area contributed by atoms with Gasteiger partial charge in [0.15, 0.2) is 0 Å². The first-order chi connectivity index (χ1) is 6.88. The van der Waals surface area contributed by atoms with Gasteiger partial charge in [-0.3, -0.25) is 0 Å². The first kappa shape index (κ1) is 9.66. The second kappa shape index (κ2) is 4.56. The van der Waals surface area contributed by atoms with Gasteiger partial charge in [-0.2, -0.15) is 0 Å². The van der Waals surface area contributed by atoms with E-state index in [2.05, 4.69) is 47.8 Å². The van der Waals surface area contributed by atoms with Crippen LogP contribution in [0.25, 0.3) is 0 Å². The monoisotopic (exact) mass is 205 g/mol. The lowest BCUT2D eigenvalue weighted by Crippen LogP contribution is -2.04. The minimum atomic E-state index is 1.02. The van der Waals surface area contributed by atoms with Crippen LogP contribution in [0.1, 0.15) is 18.1 Å². The molecule has 0 fully saturated rings. The van der Waals surface area contributed by atoms with Crippen LogP contribution in [0.3, 0.4) is 0 Å². The third kappa shape index (κ3) is 2.32. The number of nitrogens with zero attached hydrogens (tertiary/aromatic N) is 1. The SMILES string of the molecule is CCc1ccc(CN2C=CCS2)cc1. The molecule has 0 saturated carbocycles. The number of hydrogen-bond donors (Lipinski definition) is 0. The van der Waals surface area contributed by atoms with E-state index >= 15 is 0 Å². The summed E-state index contributed by atoms with van der Waals surface area (Å²) in [5.74, 6) is 1.12. The molecule has 0 bridgehead atoms. The fourth-order valence-electron chi connectivity index (χ4n) is 1.50. The molecule has 0 atom stereocenters. The minimum Gasteiger partial charge on any atom is -0.319 e. The van der Waals surface area contributed by atoms with Gasteiger partial charge >= 0.3 is 0 Å². The Morgan fingerprint density at radius 3 is 2.50 bits per heavy atom. The molecule has 1 nitrogen and oxygen atoms in total. The third-order valence-electron chi connectivity index (χ3n) is 2.38. The van der Waals surface area contributed by atoms with E-state index in [0.717, 1.165) is 18.7 Å². The van der Waals surface area contributed by atoms with E-state index in [-0.39, 0.29) is 0 Å². The molecule has 2 rings (SSSR count). The summed E-state index contributed by atoms with van der Waals surface area (Å²) in [4.78, 5) is 0. The molecule has 1 aliphatic rings. The van der Waals surface area contributed by atoms with Crippen molar-refractivity contribution >= 4 is 11.9 Å². The lowest BCUT2D eigenvalue weighted by atomic mass is 10.1. The zero-order chi connectivity index (χ0) is 9.80. The highest BCUT2D eigenvalue weighted by Gasteiger charge is 2.05. The van der Waals surface area contributed by atoms with Crippen molar-refractivity contribution < 1.29 is 0 Å². The largest absolute Gasteiger partial charge is 0.319 e. The molecule has 1 aliphatic heterocycles. The predicted octanol–water partition coefficient (Wildman–Crippen LogP) is 3.23. The summed E-state index contributed by atoms with van der Waals surface area (Å²) in [5.41, 5.74) is 2.81. The summed E-state index contributed by atoms with van der Waals surface area (Å²) in [6, 6.07) is 8.90. The van der Waals surface area contributed by atoms with Crippen molar-refractivity contribution in [1.82, 2.24) is 4.31 Å². The molecule has 0 N–H and O–H groups in total. The van der Waals surface area contributed by atoms with Gasteiger partial charge in [0, 0.05) is 12.0 Å². The molecule has 0 aliphatic carbocycles. The lowest BCUT2D eigenvalue weighted by molar-refractivity contribution is 0.627. The van der Waals surface area contributed by atoms with Crippen LogP contribution >= 0.6 is 11.9 Å². The fraction of sp³-hybridized carbons (Fsp3) is 0.333.